The minimum Gasteiger partial charge on any atom is -0.443 e. The number of hydrogen-bond acceptors (Lipinski definition) is 4. The molecule has 1 unspecified atom stereocenters. The lowest BCUT2D eigenvalue weighted by Gasteiger charge is -2.19. The molecule has 116 valence electrons. The van der Waals surface area contributed by atoms with E-state index < -0.39 is 12.1 Å². The number of aliphatic imine (C=N–C) groups is 2. The standard InChI is InChI=1S/C16H18N2O3S/c1-9(19)12-13(18-15(20)17-12)14(22)21-11-7-5-10(6-8-11)16(2,3)4/h5-9,19H,1-4H3. The quantitative estimate of drug-likeness (QED) is 0.869. The molecule has 6 heteroatoms. The van der Waals surface area contributed by atoms with Crippen molar-refractivity contribution in [2.75, 3.05) is 0 Å². The Morgan fingerprint density at radius 3 is 2.32 bits per heavy atom. The molecule has 0 fully saturated rings. The number of benzene rings is 1. The van der Waals surface area contributed by atoms with Gasteiger partial charge in [-0.3, -0.25) is 0 Å². The number of thiocarbonyl (C=S) groups is 1. The molecule has 22 heavy (non-hydrogen) atoms. The van der Waals surface area contributed by atoms with Crippen molar-refractivity contribution >= 4 is 34.7 Å². The third-order valence-electron chi connectivity index (χ3n) is 3.19. The second-order valence-corrected chi connectivity index (χ2v) is 6.45. The van der Waals surface area contributed by atoms with E-state index >= 15 is 0 Å². The molecule has 0 bridgehead atoms. The van der Waals surface area contributed by atoms with Gasteiger partial charge in [0.25, 0.3) is 0 Å². The van der Waals surface area contributed by atoms with Gasteiger partial charge in [-0.1, -0.05) is 32.9 Å². The summed E-state index contributed by atoms with van der Waals surface area (Å²) in [5.74, 6) is 0.546. The van der Waals surface area contributed by atoms with E-state index in [0.717, 1.165) is 0 Å². The Balaban J connectivity index is 2.15. The highest BCUT2D eigenvalue weighted by Crippen LogP contribution is 2.24. The minimum absolute atomic E-state index is 0.0222. The number of urea groups is 1. The van der Waals surface area contributed by atoms with Crippen LogP contribution in [0.1, 0.15) is 33.3 Å². The molecule has 0 radical (unpaired) electrons. The number of aliphatic hydroxyl groups excluding tert-OH is 1. The van der Waals surface area contributed by atoms with Crippen molar-refractivity contribution in [2.24, 2.45) is 9.98 Å². The summed E-state index contributed by atoms with van der Waals surface area (Å²) < 4.78 is 5.55. The number of rotatable bonds is 3. The number of nitrogens with zero attached hydrogens (tertiary/aromatic N) is 2. The number of ether oxygens (including phenoxy) is 1. The fourth-order valence-corrected chi connectivity index (χ4v) is 2.20. The maximum atomic E-state index is 11.3. The van der Waals surface area contributed by atoms with E-state index in [1.54, 1.807) is 0 Å². The van der Waals surface area contributed by atoms with Crippen LogP contribution in [0, 0.1) is 0 Å². The maximum absolute atomic E-state index is 11.3. The number of aliphatic hydroxyl groups is 1. The molecule has 0 saturated carbocycles. The maximum Gasteiger partial charge on any atom is 0.368 e. The first-order valence-electron chi connectivity index (χ1n) is 6.91. The van der Waals surface area contributed by atoms with Crippen molar-refractivity contribution in [1.82, 2.24) is 0 Å². The van der Waals surface area contributed by atoms with Gasteiger partial charge in [-0.15, -0.1) is 0 Å². The van der Waals surface area contributed by atoms with Crippen LogP contribution in [0.15, 0.2) is 34.3 Å². The molecule has 0 saturated heterocycles. The van der Waals surface area contributed by atoms with E-state index in [-0.39, 0.29) is 21.9 Å². The van der Waals surface area contributed by atoms with Crippen LogP contribution in [0.3, 0.4) is 0 Å². The van der Waals surface area contributed by atoms with E-state index in [9.17, 15) is 9.90 Å². The van der Waals surface area contributed by atoms with Gasteiger partial charge in [-0.2, -0.15) is 9.98 Å². The van der Waals surface area contributed by atoms with Gasteiger partial charge in [0.05, 0.1) is 6.10 Å². The van der Waals surface area contributed by atoms with E-state index in [4.69, 9.17) is 17.0 Å². The Bertz CT molecular complexity index is 668. The molecule has 0 aromatic heterocycles. The highest BCUT2D eigenvalue weighted by molar-refractivity contribution is 7.82. The molecule has 0 aliphatic carbocycles. The Labute approximate surface area is 134 Å². The van der Waals surface area contributed by atoms with Crippen molar-refractivity contribution in [3.8, 4) is 5.75 Å². The Hall–Kier alpha value is -1.92. The average Bonchev–Trinajstić information content (AvgIpc) is 2.81. The Morgan fingerprint density at radius 1 is 1.23 bits per heavy atom. The molecule has 1 aromatic rings. The van der Waals surface area contributed by atoms with E-state index in [1.807, 2.05) is 24.3 Å². The largest absolute Gasteiger partial charge is 0.443 e. The number of hydrogen-bond donors (Lipinski definition) is 1. The van der Waals surface area contributed by atoms with Crippen molar-refractivity contribution in [3.05, 3.63) is 29.8 Å². The van der Waals surface area contributed by atoms with Crippen LogP contribution in [0.4, 0.5) is 4.79 Å². The van der Waals surface area contributed by atoms with Crippen LogP contribution in [0.5, 0.6) is 5.75 Å². The number of carbonyl (C=O) groups is 1. The molecule has 1 heterocycles. The summed E-state index contributed by atoms with van der Waals surface area (Å²) >= 11 is 5.15. The van der Waals surface area contributed by atoms with Crippen molar-refractivity contribution in [2.45, 2.75) is 39.2 Å². The normalized spacial score (nSPS) is 16.1. The highest BCUT2D eigenvalue weighted by Gasteiger charge is 2.27. The van der Waals surface area contributed by atoms with Gasteiger partial charge in [0.15, 0.2) is 0 Å². The number of carbonyl (C=O) groups excluding carboxylic acids is 1. The first-order chi connectivity index (χ1) is 10.2. The average molecular weight is 318 g/mol. The zero-order valence-electron chi connectivity index (χ0n) is 13.0. The van der Waals surface area contributed by atoms with Gasteiger partial charge in [-0.25, -0.2) is 4.79 Å². The first kappa shape index (κ1) is 16.5. The minimum atomic E-state index is -0.935. The second kappa shape index (κ2) is 6.06. The van der Waals surface area contributed by atoms with Crippen molar-refractivity contribution in [1.29, 1.82) is 0 Å². The highest BCUT2D eigenvalue weighted by atomic mass is 32.1. The molecule has 1 N–H and O–H groups in total. The molecule has 0 spiro atoms. The Kier molecular flexibility index (Phi) is 4.53. The smallest absolute Gasteiger partial charge is 0.368 e. The van der Waals surface area contributed by atoms with E-state index in [1.165, 1.54) is 12.5 Å². The molecule has 2 amide bonds. The van der Waals surface area contributed by atoms with Crippen LogP contribution in [0.2, 0.25) is 0 Å². The van der Waals surface area contributed by atoms with Crippen LogP contribution >= 0.6 is 12.2 Å². The zero-order valence-corrected chi connectivity index (χ0v) is 13.8. The SMILES string of the molecule is CC(O)C1=NC(=O)N=C1C(=S)Oc1ccc(C(C)(C)C)cc1. The van der Waals surface area contributed by atoms with Gasteiger partial charge < -0.3 is 9.84 Å². The first-order valence-corrected chi connectivity index (χ1v) is 7.31. The van der Waals surface area contributed by atoms with Gasteiger partial charge in [0.1, 0.15) is 17.2 Å². The molecule has 1 aromatic carbocycles. The molecule has 5 nitrogen and oxygen atoms in total. The summed E-state index contributed by atoms with van der Waals surface area (Å²) in [4.78, 5) is 18.6. The predicted octanol–water partition coefficient (Wildman–Crippen LogP) is 3.09. The lowest BCUT2D eigenvalue weighted by molar-refractivity contribution is 0.254. The Morgan fingerprint density at radius 2 is 1.82 bits per heavy atom. The van der Waals surface area contributed by atoms with Crippen LogP contribution in [-0.4, -0.2) is 33.7 Å². The molecule has 1 aliphatic heterocycles. The van der Waals surface area contributed by atoms with Crippen LogP contribution in [-0.2, 0) is 5.41 Å². The lowest BCUT2D eigenvalue weighted by atomic mass is 9.87. The van der Waals surface area contributed by atoms with E-state index in [2.05, 4.69) is 30.8 Å². The summed E-state index contributed by atoms with van der Waals surface area (Å²) in [5, 5.41) is 9.62. The van der Waals surface area contributed by atoms with Gasteiger partial charge in [0, 0.05) is 0 Å². The topological polar surface area (TPSA) is 71.2 Å². The fourth-order valence-electron chi connectivity index (χ4n) is 1.95. The molecule has 2 rings (SSSR count). The lowest BCUT2D eigenvalue weighted by Crippen LogP contribution is -2.31. The third-order valence-corrected chi connectivity index (χ3v) is 3.46. The van der Waals surface area contributed by atoms with Gasteiger partial charge in [0.2, 0.25) is 5.05 Å². The summed E-state index contributed by atoms with van der Waals surface area (Å²) in [6.07, 6.45) is -0.935. The zero-order chi connectivity index (χ0) is 16.5. The summed E-state index contributed by atoms with van der Waals surface area (Å²) in [6.45, 7) is 7.86. The third kappa shape index (κ3) is 3.64. The molecule has 1 aliphatic rings. The van der Waals surface area contributed by atoms with Gasteiger partial charge in [-0.05, 0) is 42.3 Å². The molecule has 1 atom stereocenters. The summed E-state index contributed by atoms with van der Waals surface area (Å²) in [6, 6.07) is 6.86. The van der Waals surface area contributed by atoms with Crippen molar-refractivity contribution < 1.29 is 14.6 Å². The summed E-state index contributed by atoms with van der Waals surface area (Å²) in [5.41, 5.74) is 1.48. The molecular weight excluding hydrogens is 300 g/mol. The predicted molar refractivity (Wildman–Crippen MR) is 90.3 cm³/mol. The van der Waals surface area contributed by atoms with E-state index in [0.29, 0.717) is 5.75 Å². The van der Waals surface area contributed by atoms with Crippen molar-refractivity contribution in [3.63, 3.8) is 0 Å². The van der Waals surface area contributed by atoms with Gasteiger partial charge >= 0.3 is 6.03 Å². The van der Waals surface area contributed by atoms with Crippen LogP contribution in [0.25, 0.3) is 0 Å². The monoisotopic (exact) mass is 318 g/mol. The second-order valence-electron chi connectivity index (χ2n) is 6.08. The fraction of sp³-hybridized carbons (Fsp3) is 0.375. The van der Waals surface area contributed by atoms with Crippen LogP contribution < -0.4 is 4.74 Å². The number of amides is 2. The summed E-state index contributed by atoms with van der Waals surface area (Å²) in [7, 11) is 0. The molecular formula is C16H18N2O3S.